The van der Waals surface area contributed by atoms with Crippen LogP contribution in [0, 0.1) is 6.92 Å². The lowest BCUT2D eigenvalue weighted by Gasteiger charge is -2.16. The highest BCUT2D eigenvalue weighted by atomic mass is 79.9. The molecule has 2 N–H and O–H groups in total. The van der Waals surface area contributed by atoms with Crippen molar-refractivity contribution in [3.63, 3.8) is 0 Å². The third kappa shape index (κ3) is 3.36. The maximum absolute atomic E-state index is 5.51. The minimum absolute atomic E-state index is 0.740. The van der Waals surface area contributed by atoms with Gasteiger partial charge in [0.25, 0.3) is 0 Å². The fourth-order valence-electron chi connectivity index (χ4n) is 1.93. The van der Waals surface area contributed by atoms with E-state index in [2.05, 4.69) is 22.9 Å². The lowest BCUT2D eigenvalue weighted by atomic mass is 10.0. The van der Waals surface area contributed by atoms with Crippen LogP contribution in [0.15, 0.2) is 10.5 Å². The molecule has 0 heterocycles. The molecular weight excluding hydrogens is 282 g/mol. The molecule has 0 bridgehead atoms. The molecule has 0 spiro atoms. The van der Waals surface area contributed by atoms with E-state index < -0.39 is 0 Å². The SMILES string of the molecule is COc1cc(Br)c(CCCCN)c(C)c1OC. The molecule has 4 heteroatoms. The van der Waals surface area contributed by atoms with Crippen molar-refractivity contribution < 1.29 is 9.47 Å². The molecule has 0 atom stereocenters. The van der Waals surface area contributed by atoms with Gasteiger partial charge in [-0.15, -0.1) is 0 Å². The standard InChI is InChI=1S/C13H20BrNO2/c1-9-10(6-4-5-7-15)11(14)8-12(16-2)13(9)17-3/h8H,4-7,15H2,1-3H3. The molecule has 0 aliphatic carbocycles. The van der Waals surface area contributed by atoms with Crippen molar-refractivity contribution in [1.29, 1.82) is 0 Å². The molecule has 1 aromatic rings. The molecule has 0 aliphatic rings. The molecule has 0 aromatic heterocycles. The van der Waals surface area contributed by atoms with Crippen molar-refractivity contribution in [2.24, 2.45) is 5.73 Å². The van der Waals surface area contributed by atoms with Gasteiger partial charge >= 0.3 is 0 Å². The fraction of sp³-hybridized carbons (Fsp3) is 0.538. The average molecular weight is 302 g/mol. The molecular formula is C13H20BrNO2. The van der Waals surface area contributed by atoms with E-state index in [-0.39, 0.29) is 0 Å². The van der Waals surface area contributed by atoms with Crippen LogP contribution in [-0.4, -0.2) is 20.8 Å². The molecule has 17 heavy (non-hydrogen) atoms. The highest BCUT2D eigenvalue weighted by molar-refractivity contribution is 9.10. The second kappa shape index (κ2) is 6.87. The third-order valence-electron chi connectivity index (χ3n) is 2.87. The number of methoxy groups -OCH3 is 2. The summed E-state index contributed by atoms with van der Waals surface area (Å²) in [5.41, 5.74) is 7.92. The zero-order valence-electron chi connectivity index (χ0n) is 10.7. The number of hydrogen-bond acceptors (Lipinski definition) is 3. The van der Waals surface area contributed by atoms with E-state index in [1.807, 2.05) is 6.07 Å². The summed E-state index contributed by atoms with van der Waals surface area (Å²) >= 11 is 3.59. The number of nitrogens with two attached hydrogens (primary N) is 1. The van der Waals surface area contributed by atoms with Gasteiger partial charge in [-0.25, -0.2) is 0 Å². The van der Waals surface area contributed by atoms with E-state index in [0.717, 1.165) is 47.3 Å². The first-order valence-corrected chi connectivity index (χ1v) is 6.55. The van der Waals surface area contributed by atoms with Crippen molar-refractivity contribution in [2.45, 2.75) is 26.2 Å². The van der Waals surface area contributed by atoms with Crippen LogP contribution in [0.5, 0.6) is 11.5 Å². The molecule has 0 saturated heterocycles. The average Bonchev–Trinajstić information content (AvgIpc) is 2.32. The number of benzene rings is 1. The molecule has 3 nitrogen and oxygen atoms in total. The van der Waals surface area contributed by atoms with Crippen LogP contribution in [0.4, 0.5) is 0 Å². The first-order chi connectivity index (χ1) is 8.15. The summed E-state index contributed by atoms with van der Waals surface area (Å²) in [7, 11) is 3.32. The Morgan fingerprint density at radius 3 is 2.47 bits per heavy atom. The van der Waals surface area contributed by atoms with E-state index in [4.69, 9.17) is 15.2 Å². The topological polar surface area (TPSA) is 44.5 Å². The quantitative estimate of drug-likeness (QED) is 0.821. The van der Waals surface area contributed by atoms with Crippen LogP contribution >= 0.6 is 15.9 Å². The van der Waals surface area contributed by atoms with Gasteiger partial charge in [0, 0.05) is 4.47 Å². The van der Waals surface area contributed by atoms with Gasteiger partial charge in [-0.2, -0.15) is 0 Å². The van der Waals surface area contributed by atoms with E-state index in [1.54, 1.807) is 14.2 Å². The summed E-state index contributed by atoms with van der Waals surface area (Å²) < 4.78 is 11.8. The molecule has 0 amide bonds. The summed E-state index contributed by atoms with van der Waals surface area (Å²) in [6.07, 6.45) is 3.13. The number of halogens is 1. The van der Waals surface area contributed by atoms with Crippen LogP contribution in [0.3, 0.4) is 0 Å². The Balaban J connectivity index is 3.04. The first-order valence-electron chi connectivity index (χ1n) is 5.75. The van der Waals surface area contributed by atoms with Crippen molar-refractivity contribution in [3.05, 3.63) is 21.7 Å². The predicted molar refractivity (Wildman–Crippen MR) is 74.0 cm³/mol. The molecule has 0 fully saturated rings. The molecule has 0 aliphatic heterocycles. The van der Waals surface area contributed by atoms with Crippen LogP contribution in [0.2, 0.25) is 0 Å². The van der Waals surface area contributed by atoms with E-state index >= 15 is 0 Å². The van der Waals surface area contributed by atoms with Crippen LogP contribution in [0.25, 0.3) is 0 Å². The Morgan fingerprint density at radius 1 is 1.24 bits per heavy atom. The predicted octanol–water partition coefficient (Wildman–Crippen LogP) is 3.06. The molecule has 0 radical (unpaired) electrons. The van der Waals surface area contributed by atoms with E-state index in [1.165, 1.54) is 5.56 Å². The third-order valence-corrected chi connectivity index (χ3v) is 3.58. The normalized spacial score (nSPS) is 10.4. The highest BCUT2D eigenvalue weighted by Crippen LogP contribution is 2.38. The summed E-state index contributed by atoms with van der Waals surface area (Å²) in [6.45, 7) is 2.80. The fourth-order valence-corrected chi connectivity index (χ4v) is 2.63. The second-order valence-electron chi connectivity index (χ2n) is 3.94. The lowest BCUT2D eigenvalue weighted by Crippen LogP contribution is -2.02. The van der Waals surface area contributed by atoms with Gasteiger partial charge in [-0.05, 0) is 49.9 Å². The molecule has 0 unspecified atom stereocenters. The number of hydrogen-bond donors (Lipinski definition) is 1. The van der Waals surface area contributed by atoms with Crippen LogP contribution in [-0.2, 0) is 6.42 Å². The zero-order valence-corrected chi connectivity index (χ0v) is 12.3. The van der Waals surface area contributed by atoms with Crippen molar-refractivity contribution in [3.8, 4) is 11.5 Å². The Morgan fingerprint density at radius 2 is 1.94 bits per heavy atom. The lowest BCUT2D eigenvalue weighted by molar-refractivity contribution is 0.352. The van der Waals surface area contributed by atoms with Gasteiger partial charge in [-0.3, -0.25) is 0 Å². The first kappa shape index (κ1) is 14.3. The largest absolute Gasteiger partial charge is 0.493 e. The maximum atomic E-state index is 5.51. The van der Waals surface area contributed by atoms with Gasteiger partial charge in [0.1, 0.15) is 0 Å². The number of ether oxygens (including phenoxy) is 2. The highest BCUT2D eigenvalue weighted by Gasteiger charge is 2.14. The molecule has 1 rings (SSSR count). The van der Waals surface area contributed by atoms with Crippen LogP contribution < -0.4 is 15.2 Å². The van der Waals surface area contributed by atoms with Crippen molar-refractivity contribution in [2.75, 3.05) is 20.8 Å². The van der Waals surface area contributed by atoms with Crippen molar-refractivity contribution >= 4 is 15.9 Å². The maximum Gasteiger partial charge on any atom is 0.163 e. The number of rotatable bonds is 6. The Hall–Kier alpha value is -0.740. The van der Waals surface area contributed by atoms with Crippen LogP contribution in [0.1, 0.15) is 24.0 Å². The summed E-state index contributed by atoms with van der Waals surface area (Å²) in [6, 6.07) is 1.96. The van der Waals surface area contributed by atoms with Gasteiger partial charge in [-0.1, -0.05) is 15.9 Å². The van der Waals surface area contributed by atoms with E-state index in [0.29, 0.717) is 0 Å². The Kier molecular flexibility index (Phi) is 5.78. The summed E-state index contributed by atoms with van der Waals surface area (Å²) in [5.74, 6) is 1.58. The van der Waals surface area contributed by atoms with Gasteiger partial charge in [0.2, 0.25) is 0 Å². The summed E-state index contributed by atoms with van der Waals surface area (Å²) in [4.78, 5) is 0. The smallest absolute Gasteiger partial charge is 0.163 e. The minimum Gasteiger partial charge on any atom is -0.493 e. The van der Waals surface area contributed by atoms with Crippen molar-refractivity contribution in [1.82, 2.24) is 0 Å². The summed E-state index contributed by atoms with van der Waals surface area (Å²) in [5, 5.41) is 0. The monoisotopic (exact) mass is 301 g/mol. The molecule has 0 saturated carbocycles. The zero-order chi connectivity index (χ0) is 12.8. The minimum atomic E-state index is 0.740. The second-order valence-corrected chi connectivity index (χ2v) is 4.80. The molecule has 96 valence electrons. The molecule has 1 aromatic carbocycles. The van der Waals surface area contributed by atoms with Gasteiger partial charge in [0.05, 0.1) is 14.2 Å². The Bertz CT molecular complexity index is 380. The Labute approximate surface area is 111 Å². The number of unbranched alkanes of at least 4 members (excludes halogenated alkanes) is 1. The van der Waals surface area contributed by atoms with E-state index in [9.17, 15) is 0 Å². The van der Waals surface area contributed by atoms with Gasteiger partial charge in [0.15, 0.2) is 11.5 Å². The van der Waals surface area contributed by atoms with Gasteiger partial charge < -0.3 is 15.2 Å².